The minimum absolute atomic E-state index is 0.0482. The summed E-state index contributed by atoms with van der Waals surface area (Å²) in [6, 6.07) is 15.9. The first-order valence-electron chi connectivity index (χ1n) is 10.6. The summed E-state index contributed by atoms with van der Waals surface area (Å²) in [6.07, 6.45) is -0.433. The topological polar surface area (TPSA) is 83.6 Å². The van der Waals surface area contributed by atoms with Gasteiger partial charge in [-0.15, -0.1) is 0 Å². The summed E-state index contributed by atoms with van der Waals surface area (Å²) < 4.78 is 26.7. The number of benzene rings is 2. The normalized spacial score (nSPS) is 16.1. The SMILES string of the molecule is CC(=O)OCC(COc1ccc(C(C)(C)c2ccc(OCC3CO3)cc2)cc1)OC(C)=O. The molecular weight excluding hydrogens is 412 g/mol. The fourth-order valence-corrected chi connectivity index (χ4v) is 3.21. The molecule has 0 radical (unpaired) electrons. The molecule has 0 aliphatic carbocycles. The maximum absolute atomic E-state index is 11.3. The Kier molecular flexibility index (Phi) is 7.75. The molecule has 7 nitrogen and oxygen atoms in total. The van der Waals surface area contributed by atoms with Crippen LogP contribution in [-0.2, 0) is 29.2 Å². The molecule has 0 N–H and O–H groups in total. The van der Waals surface area contributed by atoms with Gasteiger partial charge in [0.15, 0.2) is 6.10 Å². The second-order valence-corrected chi connectivity index (χ2v) is 8.29. The predicted octanol–water partition coefficient (Wildman–Crippen LogP) is 3.66. The van der Waals surface area contributed by atoms with Gasteiger partial charge in [-0.1, -0.05) is 38.1 Å². The van der Waals surface area contributed by atoms with E-state index in [0.29, 0.717) is 12.4 Å². The van der Waals surface area contributed by atoms with Gasteiger partial charge in [0.2, 0.25) is 0 Å². The van der Waals surface area contributed by atoms with E-state index in [1.165, 1.54) is 13.8 Å². The van der Waals surface area contributed by atoms with E-state index in [-0.39, 0.29) is 24.7 Å². The van der Waals surface area contributed by atoms with E-state index in [9.17, 15) is 9.59 Å². The van der Waals surface area contributed by atoms with Crippen LogP contribution in [0.5, 0.6) is 11.5 Å². The molecule has 1 fully saturated rings. The largest absolute Gasteiger partial charge is 0.491 e. The van der Waals surface area contributed by atoms with Crippen molar-refractivity contribution in [1.29, 1.82) is 0 Å². The van der Waals surface area contributed by atoms with Crippen molar-refractivity contribution >= 4 is 11.9 Å². The molecule has 0 spiro atoms. The lowest BCUT2D eigenvalue weighted by atomic mass is 9.78. The minimum Gasteiger partial charge on any atom is -0.491 e. The maximum atomic E-state index is 11.3. The number of rotatable bonds is 11. The van der Waals surface area contributed by atoms with E-state index in [0.717, 1.165) is 23.5 Å². The summed E-state index contributed by atoms with van der Waals surface area (Å²) in [4.78, 5) is 22.3. The van der Waals surface area contributed by atoms with E-state index in [1.807, 2.05) is 36.4 Å². The van der Waals surface area contributed by atoms with Crippen LogP contribution >= 0.6 is 0 Å². The molecule has 0 saturated carbocycles. The van der Waals surface area contributed by atoms with Crippen LogP contribution in [0, 0.1) is 0 Å². The summed E-state index contributed by atoms with van der Waals surface area (Å²) in [5.74, 6) is 0.570. The third kappa shape index (κ3) is 6.99. The molecule has 1 aliphatic heterocycles. The molecule has 7 heteroatoms. The van der Waals surface area contributed by atoms with E-state index in [2.05, 4.69) is 26.0 Å². The van der Waals surface area contributed by atoms with E-state index in [4.69, 9.17) is 23.7 Å². The van der Waals surface area contributed by atoms with E-state index < -0.39 is 18.0 Å². The molecule has 3 rings (SSSR count). The molecule has 0 aromatic heterocycles. The highest BCUT2D eigenvalue weighted by atomic mass is 16.6. The first-order valence-corrected chi connectivity index (χ1v) is 10.6. The molecule has 1 heterocycles. The van der Waals surface area contributed by atoms with E-state index in [1.54, 1.807) is 0 Å². The van der Waals surface area contributed by atoms with Gasteiger partial charge in [-0.05, 0) is 35.4 Å². The summed E-state index contributed by atoms with van der Waals surface area (Å²) >= 11 is 0. The fraction of sp³-hybridized carbons (Fsp3) is 0.440. The summed E-state index contributed by atoms with van der Waals surface area (Å²) in [5, 5.41) is 0. The zero-order valence-electron chi connectivity index (χ0n) is 19.0. The Bertz CT molecular complexity index is 899. The lowest BCUT2D eigenvalue weighted by molar-refractivity contribution is -0.158. The van der Waals surface area contributed by atoms with Gasteiger partial charge in [0.25, 0.3) is 0 Å². The average Bonchev–Trinajstić information content (AvgIpc) is 3.59. The third-order valence-electron chi connectivity index (χ3n) is 5.23. The monoisotopic (exact) mass is 442 g/mol. The highest BCUT2D eigenvalue weighted by Crippen LogP contribution is 2.33. The zero-order chi connectivity index (χ0) is 23.1. The van der Waals surface area contributed by atoms with Gasteiger partial charge in [-0.25, -0.2) is 0 Å². The van der Waals surface area contributed by atoms with Gasteiger partial charge in [0.05, 0.1) is 6.61 Å². The Balaban J connectivity index is 1.59. The Morgan fingerprint density at radius 3 is 1.91 bits per heavy atom. The smallest absolute Gasteiger partial charge is 0.303 e. The lowest BCUT2D eigenvalue weighted by Gasteiger charge is -2.26. The van der Waals surface area contributed by atoms with Crippen LogP contribution in [0.3, 0.4) is 0 Å². The van der Waals surface area contributed by atoms with Crippen LogP contribution in [0.15, 0.2) is 48.5 Å². The zero-order valence-corrected chi connectivity index (χ0v) is 19.0. The van der Waals surface area contributed by atoms with Crippen LogP contribution in [-0.4, -0.2) is 50.6 Å². The van der Waals surface area contributed by atoms with Crippen molar-refractivity contribution in [2.24, 2.45) is 0 Å². The van der Waals surface area contributed by atoms with Crippen LogP contribution < -0.4 is 9.47 Å². The van der Waals surface area contributed by atoms with Gasteiger partial charge >= 0.3 is 11.9 Å². The Labute approximate surface area is 188 Å². The van der Waals surface area contributed by atoms with Gasteiger partial charge < -0.3 is 23.7 Å². The van der Waals surface area contributed by atoms with Crippen molar-refractivity contribution in [3.8, 4) is 11.5 Å². The second kappa shape index (κ2) is 10.5. The Morgan fingerprint density at radius 1 is 0.906 bits per heavy atom. The fourth-order valence-electron chi connectivity index (χ4n) is 3.21. The van der Waals surface area contributed by atoms with Crippen molar-refractivity contribution in [3.05, 3.63) is 59.7 Å². The molecule has 2 aromatic carbocycles. The van der Waals surface area contributed by atoms with Crippen LogP contribution in [0.2, 0.25) is 0 Å². The number of epoxide rings is 1. The molecule has 32 heavy (non-hydrogen) atoms. The quantitative estimate of drug-likeness (QED) is 0.388. The third-order valence-corrected chi connectivity index (χ3v) is 5.23. The van der Waals surface area contributed by atoms with Crippen molar-refractivity contribution in [2.75, 3.05) is 26.4 Å². The number of esters is 2. The number of carbonyl (C=O) groups excluding carboxylic acids is 2. The number of hydrogen-bond donors (Lipinski definition) is 0. The molecule has 2 unspecified atom stereocenters. The molecular formula is C25H30O7. The van der Waals surface area contributed by atoms with Gasteiger partial charge in [-0.3, -0.25) is 9.59 Å². The molecule has 2 aromatic rings. The van der Waals surface area contributed by atoms with Crippen LogP contribution in [0.1, 0.15) is 38.8 Å². The molecule has 0 amide bonds. The minimum atomic E-state index is -0.667. The first kappa shape index (κ1) is 23.6. The summed E-state index contributed by atoms with van der Waals surface area (Å²) in [6.45, 7) is 8.33. The molecule has 0 bridgehead atoms. The highest BCUT2D eigenvalue weighted by Gasteiger charge is 2.25. The van der Waals surface area contributed by atoms with Gasteiger partial charge in [-0.2, -0.15) is 0 Å². The standard InChI is InChI=1S/C25H30O7/c1-17(26)28-15-24(32-18(2)27)16-30-22-11-7-20(8-12-22)25(3,4)19-5-9-21(10-6-19)29-13-23-14-31-23/h5-12,23-24H,13-16H2,1-4H3. The lowest BCUT2D eigenvalue weighted by Crippen LogP contribution is -2.29. The van der Waals surface area contributed by atoms with Crippen molar-refractivity contribution < 1.29 is 33.3 Å². The van der Waals surface area contributed by atoms with Gasteiger partial charge in [0, 0.05) is 19.3 Å². The Hall–Kier alpha value is -3.06. The van der Waals surface area contributed by atoms with Crippen molar-refractivity contribution in [3.63, 3.8) is 0 Å². The van der Waals surface area contributed by atoms with Crippen LogP contribution in [0.25, 0.3) is 0 Å². The molecule has 2 atom stereocenters. The maximum Gasteiger partial charge on any atom is 0.303 e. The van der Waals surface area contributed by atoms with Crippen molar-refractivity contribution in [1.82, 2.24) is 0 Å². The molecule has 1 saturated heterocycles. The average molecular weight is 443 g/mol. The Morgan fingerprint density at radius 2 is 1.44 bits per heavy atom. The number of carbonyl (C=O) groups is 2. The molecule has 1 aliphatic rings. The van der Waals surface area contributed by atoms with E-state index >= 15 is 0 Å². The second-order valence-electron chi connectivity index (χ2n) is 8.29. The molecule has 172 valence electrons. The predicted molar refractivity (Wildman–Crippen MR) is 118 cm³/mol. The van der Waals surface area contributed by atoms with Crippen LogP contribution in [0.4, 0.5) is 0 Å². The number of hydrogen-bond acceptors (Lipinski definition) is 7. The summed E-state index contributed by atoms with van der Waals surface area (Å²) in [5.41, 5.74) is 2.07. The van der Waals surface area contributed by atoms with Crippen molar-refractivity contribution in [2.45, 2.75) is 45.3 Å². The highest BCUT2D eigenvalue weighted by molar-refractivity contribution is 5.67. The number of ether oxygens (including phenoxy) is 5. The summed E-state index contributed by atoms with van der Waals surface area (Å²) in [7, 11) is 0. The van der Waals surface area contributed by atoms with Gasteiger partial charge in [0.1, 0.15) is 37.4 Å². The first-order chi connectivity index (χ1) is 15.2.